The zero-order chi connectivity index (χ0) is 17.8. The molecular weight excluding hydrogens is 346 g/mol. The van der Waals surface area contributed by atoms with E-state index in [9.17, 15) is 4.79 Å². The lowest BCUT2D eigenvalue weighted by Crippen LogP contribution is -2.38. The van der Waals surface area contributed by atoms with E-state index in [0.717, 1.165) is 31.5 Å². The molecule has 26 heavy (non-hydrogen) atoms. The van der Waals surface area contributed by atoms with Gasteiger partial charge in [0.05, 0.1) is 0 Å². The summed E-state index contributed by atoms with van der Waals surface area (Å²) < 4.78 is 5.65. The van der Waals surface area contributed by atoms with Gasteiger partial charge in [-0.2, -0.15) is 11.3 Å². The molecule has 1 saturated heterocycles. The summed E-state index contributed by atoms with van der Waals surface area (Å²) in [5.74, 6) is 1.78. The van der Waals surface area contributed by atoms with Gasteiger partial charge in [-0.15, -0.1) is 10.2 Å². The monoisotopic (exact) mass is 367 g/mol. The number of thiophene rings is 1. The van der Waals surface area contributed by atoms with E-state index in [4.69, 9.17) is 4.42 Å². The Morgan fingerprint density at radius 2 is 1.96 bits per heavy atom. The molecule has 0 saturated carbocycles. The summed E-state index contributed by atoms with van der Waals surface area (Å²) in [6.07, 6.45) is 2.97. The third kappa shape index (κ3) is 3.85. The number of nitrogens with zero attached hydrogens (tertiary/aromatic N) is 3. The molecule has 1 aliphatic heterocycles. The van der Waals surface area contributed by atoms with Crippen LogP contribution in [0.15, 0.2) is 51.6 Å². The molecular formula is C20H21N3O2S. The quantitative estimate of drug-likeness (QED) is 0.680. The molecule has 134 valence electrons. The lowest BCUT2D eigenvalue weighted by molar-refractivity contribution is -0.132. The number of aromatic nitrogens is 2. The number of carbonyl (C=O) groups is 1. The van der Waals surface area contributed by atoms with E-state index >= 15 is 0 Å². The zero-order valence-electron chi connectivity index (χ0n) is 14.5. The van der Waals surface area contributed by atoms with Gasteiger partial charge in [-0.25, -0.2) is 0 Å². The fourth-order valence-corrected chi connectivity index (χ4v) is 4.05. The van der Waals surface area contributed by atoms with Gasteiger partial charge >= 0.3 is 0 Å². The van der Waals surface area contributed by atoms with E-state index in [2.05, 4.69) is 34.5 Å². The van der Waals surface area contributed by atoms with Crippen LogP contribution in [0.25, 0.3) is 11.5 Å². The van der Waals surface area contributed by atoms with Crippen LogP contribution in [0, 0.1) is 0 Å². The van der Waals surface area contributed by atoms with Crippen molar-refractivity contribution in [3.8, 4) is 11.5 Å². The van der Waals surface area contributed by atoms with Crippen molar-refractivity contribution in [2.45, 2.75) is 31.6 Å². The van der Waals surface area contributed by atoms with Crippen molar-refractivity contribution in [3.05, 3.63) is 58.6 Å². The number of rotatable bonds is 5. The van der Waals surface area contributed by atoms with E-state index in [0.29, 0.717) is 30.5 Å². The maximum Gasteiger partial charge on any atom is 0.248 e. The minimum absolute atomic E-state index is 0.173. The van der Waals surface area contributed by atoms with Crippen molar-refractivity contribution in [1.29, 1.82) is 0 Å². The Balaban J connectivity index is 1.27. The molecule has 0 atom stereocenters. The Morgan fingerprint density at radius 3 is 2.69 bits per heavy atom. The lowest BCUT2D eigenvalue weighted by Gasteiger charge is -2.32. The second-order valence-corrected chi connectivity index (χ2v) is 7.36. The highest BCUT2D eigenvalue weighted by Gasteiger charge is 2.24. The van der Waals surface area contributed by atoms with Gasteiger partial charge in [0.25, 0.3) is 0 Å². The summed E-state index contributed by atoms with van der Waals surface area (Å²) in [7, 11) is 0. The molecule has 1 fully saturated rings. The minimum Gasteiger partial charge on any atom is -0.421 e. The Bertz CT molecular complexity index is 837. The SMILES string of the molecule is O=C(CCc1nnc(-c2ccsc2)o1)N1CCC(c2ccccc2)CC1. The average Bonchev–Trinajstić information content (AvgIpc) is 3.38. The van der Waals surface area contributed by atoms with Crippen LogP contribution in [0.4, 0.5) is 0 Å². The highest BCUT2D eigenvalue weighted by molar-refractivity contribution is 7.08. The normalized spacial score (nSPS) is 15.3. The molecule has 0 radical (unpaired) electrons. The smallest absolute Gasteiger partial charge is 0.248 e. The molecule has 3 aromatic rings. The van der Waals surface area contributed by atoms with Gasteiger partial charge in [-0.3, -0.25) is 4.79 Å². The highest BCUT2D eigenvalue weighted by Crippen LogP contribution is 2.28. The first-order valence-electron chi connectivity index (χ1n) is 8.97. The summed E-state index contributed by atoms with van der Waals surface area (Å²) in [6, 6.07) is 12.5. The number of benzene rings is 1. The van der Waals surface area contributed by atoms with Crippen molar-refractivity contribution in [2.24, 2.45) is 0 Å². The first-order chi connectivity index (χ1) is 12.8. The molecule has 2 aromatic heterocycles. The second-order valence-electron chi connectivity index (χ2n) is 6.58. The Labute approximate surface area is 156 Å². The fourth-order valence-electron chi connectivity index (χ4n) is 3.42. The summed E-state index contributed by atoms with van der Waals surface area (Å²) in [6.45, 7) is 1.64. The molecule has 5 nitrogen and oxygen atoms in total. The van der Waals surface area contributed by atoms with Crippen molar-refractivity contribution in [1.82, 2.24) is 15.1 Å². The van der Waals surface area contributed by atoms with Crippen LogP contribution in [0.3, 0.4) is 0 Å². The highest BCUT2D eigenvalue weighted by atomic mass is 32.1. The minimum atomic E-state index is 0.173. The molecule has 1 amide bonds. The van der Waals surface area contributed by atoms with Gasteiger partial charge in [-0.05, 0) is 35.8 Å². The summed E-state index contributed by atoms with van der Waals surface area (Å²) in [5.41, 5.74) is 2.31. The molecule has 6 heteroatoms. The van der Waals surface area contributed by atoms with Gasteiger partial charge in [0.2, 0.25) is 17.7 Å². The largest absolute Gasteiger partial charge is 0.421 e. The van der Waals surface area contributed by atoms with Crippen molar-refractivity contribution in [2.75, 3.05) is 13.1 Å². The van der Waals surface area contributed by atoms with E-state index < -0.39 is 0 Å². The van der Waals surface area contributed by atoms with Gasteiger partial charge in [0.1, 0.15) is 0 Å². The van der Waals surface area contributed by atoms with Gasteiger partial charge in [0.15, 0.2) is 0 Å². The van der Waals surface area contributed by atoms with Gasteiger partial charge in [-0.1, -0.05) is 30.3 Å². The maximum atomic E-state index is 12.5. The van der Waals surface area contributed by atoms with Gasteiger partial charge in [0, 0.05) is 36.9 Å². The molecule has 0 N–H and O–H groups in total. The van der Waals surface area contributed by atoms with E-state index in [-0.39, 0.29) is 5.91 Å². The zero-order valence-corrected chi connectivity index (χ0v) is 15.3. The lowest BCUT2D eigenvalue weighted by atomic mass is 9.89. The Hall–Kier alpha value is -2.47. The van der Waals surface area contributed by atoms with Gasteiger partial charge < -0.3 is 9.32 Å². The molecule has 3 heterocycles. The molecule has 1 aliphatic rings. The molecule has 0 bridgehead atoms. The maximum absolute atomic E-state index is 12.5. The molecule has 0 spiro atoms. The number of piperidine rings is 1. The van der Waals surface area contributed by atoms with Crippen LogP contribution >= 0.6 is 11.3 Å². The Morgan fingerprint density at radius 1 is 1.15 bits per heavy atom. The second kappa shape index (κ2) is 7.83. The van der Waals surface area contributed by atoms with Crippen LogP contribution in [-0.4, -0.2) is 34.1 Å². The van der Waals surface area contributed by atoms with Crippen LogP contribution < -0.4 is 0 Å². The first-order valence-corrected chi connectivity index (χ1v) is 9.91. The van der Waals surface area contributed by atoms with Crippen molar-refractivity contribution < 1.29 is 9.21 Å². The molecule has 0 aliphatic carbocycles. The standard InChI is InChI=1S/C20H21N3O2S/c24-19(7-6-18-21-22-20(25-18)17-10-13-26-14-17)23-11-8-16(9-12-23)15-4-2-1-3-5-15/h1-5,10,13-14,16H,6-9,11-12H2. The van der Waals surface area contributed by atoms with Crippen LogP contribution in [0.5, 0.6) is 0 Å². The number of carbonyl (C=O) groups excluding carboxylic acids is 1. The fraction of sp³-hybridized carbons (Fsp3) is 0.350. The number of amides is 1. The topological polar surface area (TPSA) is 59.2 Å². The molecule has 1 aromatic carbocycles. The number of hydrogen-bond donors (Lipinski definition) is 0. The number of likely N-dealkylation sites (tertiary alicyclic amines) is 1. The van der Waals surface area contributed by atoms with Crippen LogP contribution in [0.1, 0.15) is 36.6 Å². The number of hydrogen-bond acceptors (Lipinski definition) is 5. The summed E-state index contributed by atoms with van der Waals surface area (Å²) in [5, 5.41) is 12.1. The van der Waals surface area contributed by atoms with E-state index in [1.165, 1.54) is 5.56 Å². The van der Waals surface area contributed by atoms with Crippen molar-refractivity contribution in [3.63, 3.8) is 0 Å². The third-order valence-electron chi connectivity index (χ3n) is 4.91. The van der Waals surface area contributed by atoms with Crippen LogP contribution in [0.2, 0.25) is 0 Å². The predicted molar refractivity (Wildman–Crippen MR) is 101 cm³/mol. The Kier molecular flexibility index (Phi) is 5.11. The van der Waals surface area contributed by atoms with Crippen LogP contribution in [-0.2, 0) is 11.2 Å². The van der Waals surface area contributed by atoms with Crippen molar-refractivity contribution >= 4 is 17.2 Å². The third-order valence-corrected chi connectivity index (χ3v) is 5.59. The predicted octanol–water partition coefficient (Wildman–Crippen LogP) is 4.14. The van der Waals surface area contributed by atoms with E-state index in [1.54, 1.807) is 11.3 Å². The first kappa shape index (κ1) is 17.0. The molecule has 4 rings (SSSR count). The number of aryl methyl sites for hydroxylation is 1. The summed E-state index contributed by atoms with van der Waals surface area (Å²) >= 11 is 1.59. The summed E-state index contributed by atoms with van der Waals surface area (Å²) in [4.78, 5) is 14.5. The average molecular weight is 367 g/mol. The van der Waals surface area contributed by atoms with E-state index in [1.807, 2.05) is 27.8 Å². The molecule has 0 unspecified atom stereocenters.